The predicted molar refractivity (Wildman–Crippen MR) is 67.1 cm³/mol. The fourth-order valence-electron chi connectivity index (χ4n) is 2.12. The molecule has 0 spiro atoms. The van der Waals surface area contributed by atoms with E-state index in [-0.39, 0.29) is 6.42 Å². The molecule has 0 aromatic rings. The van der Waals surface area contributed by atoms with Crippen molar-refractivity contribution in [3.8, 4) is 0 Å². The van der Waals surface area contributed by atoms with Crippen molar-refractivity contribution in [2.45, 2.75) is 51.6 Å². The quantitative estimate of drug-likeness (QED) is 0.608. The molecule has 2 atom stereocenters. The van der Waals surface area contributed by atoms with Crippen LogP contribution in [0.4, 0.5) is 0 Å². The average molecular weight is 243 g/mol. The minimum atomic E-state index is -0.691. The van der Waals surface area contributed by atoms with Crippen LogP contribution in [0.25, 0.3) is 0 Å². The van der Waals surface area contributed by atoms with Crippen molar-refractivity contribution in [1.29, 1.82) is 0 Å². The van der Waals surface area contributed by atoms with Gasteiger partial charge in [0.1, 0.15) is 0 Å². The number of hydrogen-bond donors (Lipinski definition) is 2. The van der Waals surface area contributed by atoms with Gasteiger partial charge in [0.05, 0.1) is 6.10 Å². The molecule has 0 aromatic carbocycles. The Labute approximate surface area is 104 Å². The molecule has 2 N–H and O–H groups in total. The second kappa shape index (κ2) is 8.48. The van der Waals surface area contributed by atoms with Gasteiger partial charge in [-0.2, -0.15) is 0 Å². The fourth-order valence-corrected chi connectivity index (χ4v) is 2.12. The number of carbonyl (C=O) groups is 1. The monoisotopic (exact) mass is 243 g/mol. The Kier molecular flexibility index (Phi) is 7.21. The zero-order valence-electron chi connectivity index (χ0n) is 10.8. The van der Waals surface area contributed by atoms with E-state index in [4.69, 9.17) is 9.84 Å². The number of carboxylic acids is 1. The number of rotatable bonds is 9. The van der Waals surface area contributed by atoms with Crippen molar-refractivity contribution in [1.82, 2.24) is 5.32 Å². The van der Waals surface area contributed by atoms with Crippen LogP contribution in [0.15, 0.2) is 0 Å². The van der Waals surface area contributed by atoms with Crippen molar-refractivity contribution in [2.75, 3.05) is 19.7 Å². The summed E-state index contributed by atoms with van der Waals surface area (Å²) in [4.78, 5) is 10.4. The van der Waals surface area contributed by atoms with Crippen molar-refractivity contribution in [3.05, 3.63) is 0 Å². The van der Waals surface area contributed by atoms with E-state index in [2.05, 4.69) is 12.2 Å². The van der Waals surface area contributed by atoms with Gasteiger partial charge in [-0.15, -0.1) is 0 Å². The van der Waals surface area contributed by atoms with E-state index in [0.29, 0.717) is 12.0 Å². The van der Waals surface area contributed by atoms with E-state index >= 15 is 0 Å². The normalized spacial score (nSPS) is 21.6. The van der Waals surface area contributed by atoms with Crippen LogP contribution >= 0.6 is 0 Å². The van der Waals surface area contributed by atoms with Gasteiger partial charge < -0.3 is 15.2 Å². The lowest BCUT2D eigenvalue weighted by atomic mass is 10.0. The first-order valence-electron chi connectivity index (χ1n) is 6.72. The summed E-state index contributed by atoms with van der Waals surface area (Å²) in [5, 5.41) is 12.0. The van der Waals surface area contributed by atoms with Crippen molar-refractivity contribution in [3.63, 3.8) is 0 Å². The Balaban J connectivity index is 1.87. The van der Waals surface area contributed by atoms with Gasteiger partial charge in [-0.3, -0.25) is 4.79 Å². The second-order valence-electron chi connectivity index (χ2n) is 5.00. The van der Waals surface area contributed by atoms with Gasteiger partial charge >= 0.3 is 5.97 Å². The molecule has 1 saturated heterocycles. The third kappa shape index (κ3) is 7.34. The molecular formula is C13H25NO3. The average Bonchev–Trinajstić information content (AvgIpc) is 2.79. The summed E-state index contributed by atoms with van der Waals surface area (Å²) in [5.74, 6) is -0.204. The van der Waals surface area contributed by atoms with E-state index in [1.54, 1.807) is 0 Å². The van der Waals surface area contributed by atoms with Crippen molar-refractivity contribution in [2.24, 2.45) is 5.92 Å². The Bertz CT molecular complexity index is 215. The Hall–Kier alpha value is -0.610. The molecule has 0 aliphatic carbocycles. The molecule has 0 saturated carbocycles. The lowest BCUT2D eigenvalue weighted by Gasteiger charge is -2.12. The molecule has 4 heteroatoms. The van der Waals surface area contributed by atoms with Gasteiger partial charge in [0, 0.05) is 13.0 Å². The molecular weight excluding hydrogens is 218 g/mol. The Morgan fingerprint density at radius 2 is 2.29 bits per heavy atom. The third-order valence-electron chi connectivity index (χ3n) is 3.33. The summed E-state index contributed by atoms with van der Waals surface area (Å²) in [6.07, 6.45) is 6.10. The van der Waals surface area contributed by atoms with E-state index in [0.717, 1.165) is 39.0 Å². The van der Waals surface area contributed by atoms with Gasteiger partial charge in [0.15, 0.2) is 0 Å². The highest BCUT2D eigenvalue weighted by Crippen LogP contribution is 2.14. The molecule has 1 rings (SSSR count). The zero-order valence-corrected chi connectivity index (χ0v) is 10.8. The summed E-state index contributed by atoms with van der Waals surface area (Å²) < 4.78 is 5.54. The van der Waals surface area contributed by atoms with Crippen LogP contribution in [0.1, 0.15) is 45.4 Å². The Morgan fingerprint density at radius 3 is 2.94 bits per heavy atom. The first-order valence-corrected chi connectivity index (χ1v) is 6.72. The number of aliphatic carboxylic acids is 1. The molecule has 1 fully saturated rings. The van der Waals surface area contributed by atoms with Crippen LogP contribution in [0, 0.1) is 5.92 Å². The molecule has 0 bridgehead atoms. The standard InChI is InChI=1S/C13H25NO3/c1-11(4-5-13(15)16)6-8-14-9-7-12-3-2-10-17-12/h11-12,14H,2-10H2,1H3,(H,15,16). The van der Waals surface area contributed by atoms with Gasteiger partial charge in [0.25, 0.3) is 0 Å². The highest BCUT2D eigenvalue weighted by molar-refractivity contribution is 5.66. The molecule has 100 valence electrons. The first-order chi connectivity index (χ1) is 8.18. The molecule has 0 radical (unpaired) electrons. The summed E-state index contributed by atoms with van der Waals surface area (Å²) in [5.41, 5.74) is 0. The van der Waals surface area contributed by atoms with E-state index in [9.17, 15) is 4.79 Å². The van der Waals surface area contributed by atoms with Crippen LogP contribution < -0.4 is 5.32 Å². The van der Waals surface area contributed by atoms with Gasteiger partial charge in [-0.05, 0) is 51.1 Å². The minimum absolute atomic E-state index is 0.289. The molecule has 1 heterocycles. The molecule has 1 aliphatic heterocycles. The summed E-state index contributed by atoms with van der Waals surface area (Å²) in [7, 11) is 0. The van der Waals surface area contributed by atoms with Gasteiger partial charge in [-0.1, -0.05) is 6.92 Å². The molecule has 0 amide bonds. The van der Waals surface area contributed by atoms with Crippen molar-refractivity contribution >= 4 is 5.97 Å². The second-order valence-corrected chi connectivity index (χ2v) is 5.00. The largest absolute Gasteiger partial charge is 0.481 e. The number of nitrogens with one attached hydrogen (secondary N) is 1. The Morgan fingerprint density at radius 1 is 1.47 bits per heavy atom. The molecule has 4 nitrogen and oxygen atoms in total. The van der Waals surface area contributed by atoms with Crippen molar-refractivity contribution < 1.29 is 14.6 Å². The smallest absolute Gasteiger partial charge is 0.303 e. The molecule has 0 aromatic heterocycles. The highest BCUT2D eigenvalue weighted by atomic mass is 16.5. The molecule has 2 unspecified atom stereocenters. The number of carboxylic acid groups (broad SMARTS) is 1. The van der Waals surface area contributed by atoms with Crippen LogP contribution in [0.3, 0.4) is 0 Å². The van der Waals surface area contributed by atoms with Crippen LogP contribution in [0.5, 0.6) is 0 Å². The zero-order chi connectivity index (χ0) is 12.5. The maximum Gasteiger partial charge on any atom is 0.303 e. The topological polar surface area (TPSA) is 58.6 Å². The number of hydrogen-bond acceptors (Lipinski definition) is 3. The summed E-state index contributed by atoms with van der Waals surface area (Å²) in [6.45, 7) is 5.03. The minimum Gasteiger partial charge on any atom is -0.481 e. The molecule has 17 heavy (non-hydrogen) atoms. The van der Waals surface area contributed by atoms with Gasteiger partial charge in [-0.25, -0.2) is 0 Å². The summed E-state index contributed by atoms with van der Waals surface area (Å²) >= 11 is 0. The maximum absolute atomic E-state index is 10.4. The van der Waals surface area contributed by atoms with Crippen LogP contribution in [-0.4, -0.2) is 36.9 Å². The van der Waals surface area contributed by atoms with E-state index in [1.165, 1.54) is 12.8 Å². The fraction of sp³-hybridized carbons (Fsp3) is 0.923. The van der Waals surface area contributed by atoms with Crippen LogP contribution in [0.2, 0.25) is 0 Å². The van der Waals surface area contributed by atoms with Gasteiger partial charge in [0.2, 0.25) is 0 Å². The first kappa shape index (κ1) is 14.5. The number of ether oxygens (including phenoxy) is 1. The highest BCUT2D eigenvalue weighted by Gasteiger charge is 2.14. The van der Waals surface area contributed by atoms with E-state index in [1.807, 2.05) is 0 Å². The molecule has 1 aliphatic rings. The lowest BCUT2D eigenvalue weighted by Crippen LogP contribution is -2.22. The van der Waals surface area contributed by atoms with Crippen LogP contribution in [-0.2, 0) is 9.53 Å². The summed E-state index contributed by atoms with van der Waals surface area (Å²) in [6, 6.07) is 0. The maximum atomic E-state index is 10.4. The lowest BCUT2D eigenvalue weighted by molar-refractivity contribution is -0.137. The predicted octanol–water partition coefficient (Wildman–Crippen LogP) is 2.04. The third-order valence-corrected chi connectivity index (χ3v) is 3.33. The van der Waals surface area contributed by atoms with E-state index < -0.39 is 5.97 Å². The SMILES string of the molecule is CC(CCNCCC1CCCO1)CCC(=O)O.